The molecule has 0 unspecified atom stereocenters. The third-order valence-electron chi connectivity index (χ3n) is 11.8. The minimum atomic E-state index is -1.42. The van der Waals surface area contributed by atoms with Crippen LogP contribution in [0.4, 0.5) is 4.79 Å². The number of aliphatic imine (C=N–C) groups is 1. The van der Waals surface area contributed by atoms with Gasteiger partial charge >= 0.3 is 6.03 Å². The molecule has 28 heteroatoms. The van der Waals surface area contributed by atoms with Crippen molar-refractivity contribution in [3.8, 4) is 0 Å². The second kappa shape index (κ2) is 27.8. The maximum Gasteiger partial charge on any atom is 0.325 e. The molecule has 5 rings (SSSR count). The number of carbonyl (C=O) groups is 10. The molecule has 4 aromatic rings. The van der Waals surface area contributed by atoms with Gasteiger partial charge in [-0.3, -0.25) is 53.0 Å². The molecule has 26 nitrogen and oxygen atoms in total. The van der Waals surface area contributed by atoms with Crippen molar-refractivity contribution in [2.24, 2.45) is 22.2 Å². The van der Waals surface area contributed by atoms with Crippen LogP contribution in [-0.2, 0) is 62.4 Å². The summed E-state index contributed by atoms with van der Waals surface area (Å²) in [6.07, 6.45) is 4.15. The largest absolute Gasteiger partial charge is 0.370 e. The Morgan fingerprint density at radius 3 is 1.87 bits per heavy atom. The fraction of sp³-hybridized carbons (Fsp3) is 0.404. The second-order valence-electron chi connectivity index (χ2n) is 17.5. The summed E-state index contributed by atoms with van der Waals surface area (Å²) in [5.74, 6) is -7.93. The molecule has 75 heavy (non-hydrogen) atoms. The summed E-state index contributed by atoms with van der Waals surface area (Å²) in [6, 6.07) is 4.91. The monoisotopic (exact) mass is 1070 g/mol. The van der Waals surface area contributed by atoms with E-state index in [9.17, 15) is 47.9 Å². The van der Waals surface area contributed by atoms with Crippen LogP contribution in [0.25, 0.3) is 10.9 Å². The number of carbonyl (C=O) groups excluding carboxylic acids is 10. The number of nitrogens with one attached hydrogen (secondary N) is 10. The Morgan fingerprint density at radius 1 is 0.693 bits per heavy atom. The van der Waals surface area contributed by atoms with Crippen LogP contribution in [-0.4, -0.2) is 158 Å². The van der Waals surface area contributed by atoms with Crippen molar-refractivity contribution in [3.63, 3.8) is 0 Å². The SMILES string of the molecule is C[C@H](NC(=O)[C@@H](CS)NC(=O)CN1C(=O)N[C@@H](C)C1=O)C(=O)N[C@H](Cc1cnc[nH]1)C(=O)N[C@@H](Cc1ccccc1)C(=O)N[C@H](CCCN=C(N)N)C(=O)N[C@H](Cc1c[nH]c2ccccc12)C(=O)N[C@H](CS)C(N)=O. The molecule has 0 bridgehead atoms. The number of hydrogen-bond donors (Lipinski definition) is 15. The Kier molecular flexibility index (Phi) is 21.4. The number of primary amides is 1. The summed E-state index contributed by atoms with van der Waals surface area (Å²) in [4.78, 5) is 148. The van der Waals surface area contributed by atoms with Crippen LogP contribution in [0.15, 0.2) is 78.3 Å². The Hall–Kier alpha value is -8.14. The lowest BCUT2D eigenvalue weighted by atomic mass is 10.0. The number of thiol groups is 2. The molecule has 8 atom stereocenters. The highest BCUT2D eigenvalue weighted by molar-refractivity contribution is 7.80. The van der Waals surface area contributed by atoms with E-state index in [1.54, 1.807) is 42.6 Å². The fourth-order valence-corrected chi connectivity index (χ4v) is 8.27. The predicted molar refractivity (Wildman–Crippen MR) is 280 cm³/mol. The van der Waals surface area contributed by atoms with Crippen molar-refractivity contribution in [3.05, 3.63) is 90.1 Å². The van der Waals surface area contributed by atoms with Crippen molar-refractivity contribution >= 4 is 101 Å². The first kappa shape index (κ1) is 57.8. The summed E-state index contributed by atoms with van der Waals surface area (Å²) in [7, 11) is 0. The van der Waals surface area contributed by atoms with Gasteiger partial charge in [-0.05, 0) is 43.9 Å². The summed E-state index contributed by atoms with van der Waals surface area (Å²) in [5.41, 5.74) is 19.0. The minimum Gasteiger partial charge on any atom is -0.370 e. The Labute approximate surface area is 441 Å². The number of urea groups is 1. The average Bonchev–Trinajstić information content (AvgIpc) is 4.11. The van der Waals surface area contributed by atoms with Gasteiger partial charge in [-0.1, -0.05) is 48.5 Å². The molecule has 1 aliphatic heterocycles. The molecule has 2 aromatic heterocycles. The van der Waals surface area contributed by atoms with Crippen molar-refractivity contribution in [1.82, 2.24) is 62.4 Å². The van der Waals surface area contributed by atoms with Crippen LogP contribution in [0, 0.1) is 0 Å². The van der Waals surface area contributed by atoms with E-state index >= 15 is 0 Å². The maximum atomic E-state index is 14.6. The summed E-state index contributed by atoms with van der Waals surface area (Å²) >= 11 is 8.29. The lowest BCUT2D eigenvalue weighted by molar-refractivity contribution is -0.135. The first-order valence-electron chi connectivity index (χ1n) is 23.6. The van der Waals surface area contributed by atoms with Crippen LogP contribution >= 0.6 is 25.3 Å². The van der Waals surface area contributed by atoms with Crippen LogP contribution in [0.3, 0.4) is 0 Å². The van der Waals surface area contributed by atoms with Gasteiger partial charge < -0.3 is 69.7 Å². The number of nitrogens with zero attached hydrogens (tertiary/aromatic N) is 3. The minimum absolute atomic E-state index is 0.0474. The zero-order valence-corrected chi connectivity index (χ0v) is 42.8. The number of aromatic amines is 2. The topological polar surface area (TPSA) is 405 Å². The predicted octanol–water partition coefficient (Wildman–Crippen LogP) is -3.33. The highest BCUT2D eigenvalue weighted by atomic mass is 32.1. The maximum absolute atomic E-state index is 14.6. The smallest absolute Gasteiger partial charge is 0.325 e. The van der Waals surface area contributed by atoms with E-state index in [0.29, 0.717) is 21.7 Å². The average molecular weight is 1080 g/mol. The molecular formula is C47H62N16O10S2. The van der Waals surface area contributed by atoms with Crippen LogP contribution < -0.4 is 59.7 Å². The van der Waals surface area contributed by atoms with E-state index in [-0.39, 0.29) is 56.1 Å². The Bertz CT molecular complexity index is 2720. The number of amides is 11. The van der Waals surface area contributed by atoms with Crippen molar-refractivity contribution < 1.29 is 47.9 Å². The Morgan fingerprint density at radius 2 is 1.27 bits per heavy atom. The molecule has 0 radical (unpaired) electrons. The highest BCUT2D eigenvalue weighted by Gasteiger charge is 2.38. The van der Waals surface area contributed by atoms with E-state index in [0.717, 1.165) is 10.9 Å². The first-order valence-corrected chi connectivity index (χ1v) is 24.9. The van der Waals surface area contributed by atoms with Gasteiger partial charge in [0.1, 0.15) is 54.9 Å². The zero-order valence-electron chi connectivity index (χ0n) is 41.0. The first-order chi connectivity index (χ1) is 35.8. The number of hydrogen-bond acceptors (Lipinski definition) is 14. The van der Waals surface area contributed by atoms with Crippen LogP contribution in [0.2, 0.25) is 0 Å². The molecule has 0 saturated carbocycles. The number of imide groups is 1. The highest BCUT2D eigenvalue weighted by Crippen LogP contribution is 2.20. The molecule has 3 heterocycles. The number of fused-ring (bicyclic) bond motifs is 1. The quantitative estimate of drug-likeness (QED) is 0.00872. The van der Waals surface area contributed by atoms with Crippen molar-refractivity contribution in [2.45, 2.75) is 94.3 Å². The number of rotatable bonds is 28. The van der Waals surface area contributed by atoms with Crippen LogP contribution in [0.5, 0.6) is 0 Å². The van der Waals surface area contributed by atoms with Crippen molar-refractivity contribution in [2.75, 3.05) is 24.6 Å². The molecule has 1 aliphatic rings. The number of nitrogens with two attached hydrogens (primary N) is 3. The van der Waals surface area contributed by atoms with Gasteiger partial charge in [0.25, 0.3) is 5.91 Å². The number of guanidine groups is 1. The van der Waals surface area contributed by atoms with Gasteiger partial charge in [0.15, 0.2) is 5.96 Å². The van der Waals surface area contributed by atoms with E-state index in [2.05, 4.69) is 87.7 Å². The number of para-hydroxylation sites is 1. The lowest BCUT2D eigenvalue weighted by Gasteiger charge is -2.27. The van der Waals surface area contributed by atoms with Gasteiger partial charge in [0.2, 0.25) is 47.3 Å². The number of aromatic nitrogens is 3. The standard InChI is InChI=1S/C47H62N16O10S2/c1-24(55-44(71)36(22-75)57-37(64)20-63-45(72)25(2)56-47(63)73)39(66)59-34(17-28-19-51-23-54-28)43(70)60-32(15-26-9-4-3-5-10-26)41(68)58-31(13-8-14-52-46(49)50)40(67)61-33(42(69)62-35(21-74)38(48)65)16-27-18-53-30-12-7-6-11-29(27)30/h3-7,9-12,18-19,23-25,31-36,53,74-75H,8,13-17,20-22H2,1-2H3,(H2,48,65)(H,51,54)(H,55,71)(H,56,73)(H,57,64)(H,58,68)(H,59,66)(H,60,70)(H,61,67)(H,62,69)(H4,49,50,52)/t24-,25-,31+,32-,33+,34+,35+,36+/m0/s1. The molecule has 16 N–H and O–H groups in total. The number of imidazole rings is 1. The third-order valence-corrected chi connectivity index (χ3v) is 12.5. The second-order valence-corrected chi connectivity index (χ2v) is 18.2. The normalized spacial score (nSPS) is 15.9. The summed E-state index contributed by atoms with van der Waals surface area (Å²) in [5, 5.41) is 21.3. The van der Waals surface area contributed by atoms with Gasteiger partial charge in [-0.25, -0.2) is 9.78 Å². The van der Waals surface area contributed by atoms with Crippen LogP contribution in [0.1, 0.15) is 43.5 Å². The molecular weight excluding hydrogens is 1010 g/mol. The van der Waals surface area contributed by atoms with Gasteiger partial charge in [0.05, 0.1) is 6.33 Å². The Balaban J connectivity index is 1.36. The zero-order chi connectivity index (χ0) is 54.8. The van der Waals surface area contributed by atoms with E-state index < -0.39 is 114 Å². The van der Waals surface area contributed by atoms with Crippen molar-refractivity contribution in [1.29, 1.82) is 0 Å². The molecule has 1 fully saturated rings. The molecule has 0 spiro atoms. The number of benzene rings is 2. The van der Waals surface area contributed by atoms with E-state index in [1.807, 2.05) is 18.2 Å². The lowest BCUT2D eigenvalue weighted by Crippen LogP contribution is -2.60. The van der Waals surface area contributed by atoms with E-state index in [4.69, 9.17) is 17.2 Å². The van der Waals surface area contributed by atoms with Gasteiger partial charge in [0, 0.05) is 66.3 Å². The summed E-state index contributed by atoms with van der Waals surface area (Å²) in [6.45, 7) is 2.14. The van der Waals surface area contributed by atoms with E-state index in [1.165, 1.54) is 26.4 Å². The van der Waals surface area contributed by atoms with Gasteiger partial charge in [-0.15, -0.1) is 0 Å². The molecule has 1 saturated heterocycles. The third kappa shape index (κ3) is 17.0. The van der Waals surface area contributed by atoms with Gasteiger partial charge in [-0.2, -0.15) is 25.3 Å². The fourth-order valence-electron chi connectivity index (χ4n) is 7.75. The molecule has 11 amide bonds. The molecule has 2 aromatic carbocycles. The molecule has 0 aliphatic carbocycles. The molecule has 402 valence electrons. The number of H-pyrrole nitrogens is 2. The summed E-state index contributed by atoms with van der Waals surface area (Å²) < 4.78 is 0.